The number of halogens is 1. The van der Waals surface area contributed by atoms with Crippen molar-refractivity contribution in [3.63, 3.8) is 0 Å². The van der Waals surface area contributed by atoms with Crippen molar-refractivity contribution < 1.29 is 14.3 Å². The number of hydrogen-bond donors (Lipinski definition) is 1. The lowest BCUT2D eigenvalue weighted by molar-refractivity contribution is -0.128. The topological polar surface area (TPSA) is 43.8 Å². The second kappa shape index (κ2) is 7.78. The van der Waals surface area contributed by atoms with Crippen LogP contribution in [0.3, 0.4) is 0 Å². The molecule has 2 aromatic rings. The molecule has 0 radical (unpaired) electrons. The number of carbonyl (C=O) groups is 1. The van der Waals surface area contributed by atoms with Crippen molar-refractivity contribution in [1.82, 2.24) is 4.90 Å². The molecule has 1 atom stereocenters. The van der Waals surface area contributed by atoms with Gasteiger partial charge in [0.1, 0.15) is 5.82 Å². The zero-order chi connectivity index (χ0) is 20.7. The molecule has 3 fully saturated rings. The first kappa shape index (κ1) is 19.7. The summed E-state index contributed by atoms with van der Waals surface area (Å²) in [6, 6.07) is 14.6. The van der Waals surface area contributed by atoms with Crippen molar-refractivity contribution in [2.45, 2.75) is 44.1 Å². The smallest absolute Gasteiger partial charge is 0.233 e. The number of anilines is 1. The minimum Gasteiger partial charge on any atom is -0.387 e. The molecule has 1 spiro atoms. The average Bonchev–Trinajstić information content (AvgIpc) is 3.57. The van der Waals surface area contributed by atoms with Gasteiger partial charge in [-0.2, -0.15) is 0 Å². The normalized spacial score (nSPS) is 22.6. The van der Waals surface area contributed by atoms with Gasteiger partial charge in [0.2, 0.25) is 5.91 Å². The molecule has 30 heavy (non-hydrogen) atoms. The first-order chi connectivity index (χ1) is 14.5. The standard InChI is InChI=1S/C25H29FN2O2/c26-21-7-3-20(4-8-21)23(29)17-27-14-11-25(12-15-27)13-16-28(24(25)30)22-9-5-19(6-10-22)18-1-2-18/h3-10,18,23,29H,1-2,11-17H2. The van der Waals surface area contributed by atoms with E-state index in [1.807, 2.05) is 4.90 Å². The highest BCUT2D eigenvalue weighted by molar-refractivity contribution is 6.00. The number of piperidine rings is 1. The molecule has 158 valence electrons. The van der Waals surface area contributed by atoms with Gasteiger partial charge in [-0.25, -0.2) is 4.39 Å². The zero-order valence-corrected chi connectivity index (χ0v) is 17.3. The summed E-state index contributed by atoms with van der Waals surface area (Å²) in [5.74, 6) is 0.701. The van der Waals surface area contributed by atoms with E-state index < -0.39 is 6.10 Å². The number of aliphatic hydroxyl groups excluding tert-OH is 1. The lowest BCUT2D eigenvalue weighted by atomic mass is 9.77. The van der Waals surface area contributed by atoms with Crippen LogP contribution in [-0.4, -0.2) is 42.1 Å². The molecule has 5 rings (SSSR count). The van der Waals surface area contributed by atoms with Crippen molar-refractivity contribution in [2.24, 2.45) is 5.41 Å². The molecule has 2 saturated heterocycles. The van der Waals surface area contributed by atoms with E-state index >= 15 is 0 Å². The van der Waals surface area contributed by atoms with Gasteiger partial charge in [0.05, 0.1) is 11.5 Å². The molecular weight excluding hydrogens is 379 g/mol. The number of β-amino-alcohol motifs (C(OH)–C–C–N with tert-alkyl or cyclic N) is 1. The molecule has 2 aromatic carbocycles. The molecule has 1 saturated carbocycles. The number of likely N-dealkylation sites (tertiary alicyclic amines) is 1. The molecule has 1 unspecified atom stereocenters. The fraction of sp³-hybridized carbons (Fsp3) is 0.480. The number of rotatable bonds is 5. The zero-order valence-electron chi connectivity index (χ0n) is 17.3. The molecule has 2 heterocycles. The molecule has 5 heteroatoms. The molecule has 0 bridgehead atoms. The van der Waals surface area contributed by atoms with Crippen molar-refractivity contribution in [2.75, 3.05) is 31.1 Å². The fourth-order valence-corrected chi connectivity index (χ4v) is 5.07. The van der Waals surface area contributed by atoms with E-state index in [2.05, 4.69) is 29.2 Å². The third kappa shape index (κ3) is 3.77. The third-order valence-electron chi connectivity index (χ3n) is 7.27. The van der Waals surface area contributed by atoms with Crippen LogP contribution in [0.2, 0.25) is 0 Å². The number of benzene rings is 2. The third-order valence-corrected chi connectivity index (χ3v) is 7.27. The van der Waals surface area contributed by atoms with Crippen molar-refractivity contribution in [3.05, 3.63) is 65.5 Å². The van der Waals surface area contributed by atoms with Gasteiger partial charge in [0.25, 0.3) is 0 Å². The Morgan fingerprint density at radius 1 is 0.967 bits per heavy atom. The van der Waals surface area contributed by atoms with E-state index in [0.717, 1.165) is 56.1 Å². The van der Waals surface area contributed by atoms with Crippen LogP contribution in [-0.2, 0) is 4.79 Å². The van der Waals surface area contributed by atoms with Crippen LogP contribution in [0, 0.1) is 11.2 Å². The van der Waals surface area contributed by atoms with Crippen LogP contribution < -0.4 is 4.90 Å². The Morgan fingerprint density at radius 2 is 1.60 bits per heavy atom. The number of hydrogen-bond acceptors (Lipinski definition) is 3. The van der Waals surface area contributed by atoms with Gasteiger partial charge < -0.3 is 14.9 Å². The summed E-state index contributed by atoms with van der Waals surface area (Å²) >= 11 is 0. The molecule has 4 nitrogen and oxygen atoms in total. The van der Waals surface area contributed by atoms with Gasteiger partial charge in [-0.05, 0) is 86.5 Å². The van der Waals surface area contributed by atoms with Crippen molar-refractivity contribution in [3.8, 4) is 0 Å². The van der Waals surface area contributed by atoms with Gasteiger partial charge in [-0.1, -0.05) is 24.3 Å². The summed E-state index contributed by atoms with van der Waals surface area (Å²) in [5, 5.41) is 10.5. The minimum atomic E-state index is -0.639. The SMILES string of the molecule is O=C1N(c2ccc(C3CC3)cc2)CCC12CCN(CC(O)c1ccc(F)cc1)CC2. The highest BCUT2D eigenvalue weighted by atomic mass is 19.1. The van der Waals surface area contributed by atoms with E-state index in [4.69, 9.17) is 0 Å². The first-order valence-electron chi connectivity index (χ1n) is 11.1. The second-order valence-electron chi connectivity index (χ2n) is 9.22. The first-order valence-corrected chi connectivity index (χ1v) is 11.1. The van der Waals surface area contributed by atoms with Gasteiger partial charge in [0, 0.05) is 18.8 Å². The van der Waals surface area contributed by atoms with Crippen LogP contribution >= 0.6 is 0 Å². The summed E-state index contributed by atoms with van der Waals surface area (Å²) in [5.41, 5.74) is 2.89. The highest BCUT2D eigenvalue weighted by Crippen LogP contribution is 2.44. The largest absolute Gasteiger partial charge is 0.387 e. The number of nitrogens with zero attached hydrogens (tertiary/aromatic N) is 2. The lowest BCUT2D eigenvalue weighted by Gasteiger charge is -2.38. The summed E-state index contributed by atoms with van der Waals surface area (Å²) in [6.07, 6.45) is 4.51. The van der Waals surface area contributed by atoms with Crippen LogP contribution in [0.25, 0.3) is 0 Å². The van der Waals surface area contributed by atoms with Crippen LogP contribution in [0.15, 0.2) is 48.5 Å². The predicted octanol–water partition coefficient (Wildman–Crippen LogP) is 4.26. The van der Waals surface area contributed by atoms with E-state index in [1.165, 1.54) is 30.5 Å². The number of aliphatic hydroxyl groups is 1. The minimum absolute atomic E-state index is 0.257. The Bertz CT molecular complexity index is 900. The van der Waals surface area contributed by atoms with Crippen molar-refractivity contribution in [1.29, 1.82) is 0 Å². The Balaban J connectivity index is 1.19. The van der Waals surface area contributed by atoms with E-state index in [0.29, 0.717) is 6.54 Å². The van der Waals surface area contributed by atoms with Crippen LogP contribution in [0.5, 0.6) is 0 Å². The Morgan fingerprint density at radius 3 is 2.23 bits per heavy atom. The van der Waals surface area contributed by atoms with Gasteiger partial charge in [0.15, 0.2) is 0 Å². The van der Waals surface area contributed by atoms with E-state index in [9.17, 15) is 14.3 Å². The predicted molar refractivity (Wildman–Crippen MR) is 115 cm³/mol. The number of carbonyl (C=O) groups excluding carboxylic acids is 1. The lowest BCUT2D eigenvalue weighted by Crippen LogP contribution is -2.45. The maximum Gasteiger partial charge on any atom is 0.233 e. The Labute approximate surface area is 177 Å². The highest BCUT2D eigenvalue weighted by Gasteiger charge is 2.48. The average molecular weight is 409 g/mol. The van der Waals surface area contributed by atoms with Crippen LogP contribution in [0.4, 0.5) is 10.1 Å². The Kier molecular flexibility index (Phi) is 5.11. The number of amides is 1. The fourth-order valence-electron chi connectivity index (χ4n) is 5.07. The summed E-state index contributed by atoms with van der Waals surface area (Å²) in [7, 11) is 0. The monoisotopic (exact) mass is 408 g/mol. The maximum absolute atomic E-state index is 13.3. The van der Waals surface area contributed by atoms with Crippen LogP contribution in [0.1, 0.15) is 55.3 Å². The quantitative estimate of drug-likeness (QED) is 0.804. The summed E-state index contributed by atoms with van der Waals surface area (Å²) < 4.78 is 13.1. The summed E-state index contributed by atoms with van der Waals surface area (Å²) in [4.78, 5) is 17.5. The van der Waals surface area contributed by atoms with Gasteiger partial charge in [-0.3, -0.25) is 4.79 Å². The molecule has 2 aliphatic heterocycles. The molecule has 1 amide bonds. The van der Waals surface area contributed by atoms with E-state index in [-0.39, 0.29) is 17.1 Å². The second-order valence-corrected chi connectivity index (χ2v) is 9.22. The molecule has 1 N–H and O–H groups in total. The van der Waals surface area contributed by atoms with Gasteiger partial charge >= 0.3 is 0 Å². The molecule has 3 aliphatic rings. The van der Waals surface area contributed by atoms with Gasteiger partial charge in [-0.15, -0.1) is 0 Å². The molecular formula is C25H29FN2O2. The maximum atomic E-state index is 13.3. The summed E-state index contributed by atoms with van der Waals surface area (Å²) in [6.45, 7) is 2.92. The van der Waals surface area contributed by atoms with E-state index in [1.54, 1.807) is 12.1 Å². The molecule has 0 aromatic heterocycles. The van der Waals surface area contributed by atoms with Crippen molar-refractivity contribution >= 4 is 11.6 Å². The molecule has 1 aliphatic carbocycles. The Hall–Kier alpha value is -2.24.